The van der Waals surface area contributed by atoms with Crippen molar-refractivity contribution < 1.29 is 9.72 Å². The predicted molar refractivity (Wildman–Crippen MR) is 109 cm³/mol. The van der Waals surface area contributed by atoms with Gasteiger partial charge in [-0.15, -0.1) is 23.5 Å². The zero-order valence-electron chi connectivity index (χ0n) is 14.0. The molecule has 7 heteroatoms. The van der Waals surface area contributed by atoms with Gasteiger partial charge in [0.2, 0.25) is 5.91 Å². The fourth-order valence-electron chi connectivity index (χ4n) is 2.54. The van der Waals surface area contributed by atoms with Gasteiger partial charge in [0.15, 0.2) is 0 Å². The van der Waals surface area contributed by atoms with E-state index < -0.39 is 4.92 Å². The van der Waals surface area contributed by atoms with Crippen molar-refractivity contribution in [3.05, 3.63) is 75.8 Å². The number of rotatable bonds is 5. The van der Waals surface area contributed by atoms with Crippen molar-refractivity contribution in [3.63, 3.8) is 0 Å². The second kappa shape index (κ2) is 8.91. The summed E-state index contributed by atoms with van der Waals surface area (Å²) in [5.74, 6) is 2.07. The Balaban J connectivity index is 1.64. The van der Waals surface area contributed by atoms with Gasteiger partial charge in [-0.2, -0.15) is 0 Å². The Kier molecular flexibility index (Phi) is 6.35. The number of nitrogens with zero attached hydrogens (tertiary/aromatic N) is 1. The van der Waals surface area contributed by atoms with Crippen molar-refractivity contribution in [1.82, 2.24) is 0 Å². The molecule has 1 aliphatic heterocycles. The SMILES string of the molecule is O=C(/C=C/c1cccc([N+](=O)[O-])c1)Nc1cccc(C2SCCCS2)c1. The molecule has 1 saturated heterocycles. The van der Waals surface area contributed by atoms with Crippen molar-refractivity contribution in [2.45, 2.75) is 11.0 Å². The van der Waals surface area contributed by atoms with E-state index >= 15 is 0 Å². The Bertz CT molecular complexity index is 833. The molecule has 1 amide bonds. The highest BCUT2D eigenvalue weighted by Crippen LogP contribution is 2.44. The van der Waals surface area contributed by atoms with Crippen LogP contribution in [0.25, 0.3) is 6.08 Å². The summed E-state index contributed by atoms with van der Waals surface area (Å²) < 4.78 is 0.418. The normalized spacial score (nSPS) is 15.1. The quantitative estimate of drug-likeness (QED) is 0.439. The lowest BCUT2D eigenvalue weighted by Gasteiger charge is -2.21. The summed E-state index contributed by atoms with van der Waals surface area (Å²) in [5, 5.41) is 13.6. The van der Waals surface area contributed by atoms with Crippen LogP contribution < -0.4 is 5.32 Å². The average molecular weight is 386 g/mol. The minimum atomic E-state index is -0.454. The van der Waals surface area contributed by atoms with Gasteiger partial charge in [0.1, 0.15) is 0 Å². The van der Waals surface area contributed by atoms with E-state index in [0.29, 0.717) is 10.1 Å². The number of hydrogen-bond acceptors (Lipinski definition) is 5. The van der Waals surface area contributed by atoms with Gasteiger partial charge in [-0.3, -0.25) is 14.9 Å². The fourth-order valence-corrected chi connectivity index (χ4v) is 5.41. The van der Waals surface area contributed by atoms with E-state index in [1.807, 2.05) is 41.7 Å². The summed E-state index contributed by atoms with van der Waals surface area (Å²) >= 11 is 3.87. The van der Waals surface area contributed by atoms with Crippen LogP contribution in [-0.4, -0.2) is 22.3 Å². The number of amides is 1. The Morgan fingerprint density at radius 1 is 1.15 bits per heavy atom. The summed E-state index contributed by atoms with van der Waals surface area (Å²) in [7, 11) is 0. The molecule has 134 valence electrons. The minimum Gasteiger partial charge on any atom is -0.323 e. The number of nitro benzene ring substituents is 1. The molecule has 2 aromatic carbocycles. The van der Waals surface area contributed by atoms with Crippen LogP contribution in [0.15, 0.2) is 54.6 Å². The van der Waals surface area contributed by atoms with Gasteiger partial charge >= 0.3 is 0 Å². The van der Waals surface area contributed by atoms with E-state index in [1.165, 1.54) is 41.7 Å². The molecule has 2 aromatic rings. The number of benzene rings is 2. The maximum absolute atomic E-state index is 12.1. The third-order valence-electron chi connectivity index (χ3n) is 3.76. The van der Waals surface area contributed by atoms with Crippen molar-refractivity contribution >= 4 is 46.9 Å². The number of hydrogen-bond donors (Lipinski definition) is 1. The zero-order chi connectivity index (χ0) is 18.4. The smallest absolute Gasteiger partial charge is 0.270 e. The molecular weight excluding hydrogens is 368 g/mol. The fraction of sp³-hybridized carbons (Fsp3) is 0.211. The summed E-state index contributed by atoms with van der Waals surface area (Å²) in [6, 6.07) is 14.1. The lowest BCUT2D eigenvalue weighted by Crippen LogP contribution is -2.08. The standard InChI is InChI=1S/C19H18N2O3S2/c22-18(9-8-14-4-1-7-17(12-14)21(23)24)20-16-6-2-5-15(13-16)19-25-10-3-11-26-19/h1-2,4-9,12-13,19H,3,10-11H2,(H,20,22)/b9-8+. The van der Waals surface area contributed by atoms with Crippen LogP contribution in [0, 0.1) is 10.1 Å². The largest absolute Gasteiger partial charge is 0.323 e. The lowest BCUT2D eigenvalue weighted by molar-refractivity contribution is -0.384. The molecule has 0 bridgehead atoms. The van der Waals surface area contributed by atoms with Crippen LogP contribution in [0.3, 0.4) is 0 Å². The van der Waals surface area contributed by atoms with Crippen LogP contribution in [0.2, 0.25) is 0 Å². The molecular formula is C19H18N2O3S2. The first kappa shape index (κ1) is 18.5. The molecule has 1 fully saturated rings. The number of nitro groups is 1. The second-order valence-electron chi connectivity index (χ2n) is 5.73. The van der Waals surface area contributed by atoms with Gasteiger partial charge < -0.3 is 5.32 Å². The zero-order valence-corrected chi connectivity index (χ0v) is 15.6. The molecule has 0 spiro atoms. The first-order valence-electron chi connectivity index (χ1n) is 8.18. The van der Waals surface area contributed by atoms with Gasteiger partial charge in [0.25, 0.3) is 5.69 Å². The highest BCUT2D eigenvalue weighted by Gasteiger charge is 2.16. The van der Waals surface area contributed by atoms with Gasteiger partial charge in [-0.1, -0.05) is 24.3 Å². The van der Waals surface area contributed by atoms with Crippen molar-refractivity contribution in [2.24, 2.45) is 0 Å². The van der Waals surface area contributed by atoms with E-state index in [2.05, 4.69) is 11.4 Å². The predicted octanol–water partition coefficient (Wildman–Crippen LogP) is 5.12. The maximum Gasteiger partial charge on any atom is 0.270 e. The molecule has 0 aliphatic carbocycles. The first-order valence-corrected chi connectivity index (χ1v) is 10.3. The molecule has 0 radical (unpaired) electrons. The second-order valence-corrected chi connectivity index (χ2v) is 8.45. The van der Waals surface area contributed by atoms with Gasteiger partial charge in [-0.05, 0) is 47.3 Å². The van der Waals surface area contributed by atoms with Crippen LogP contribution in [0.1, 0.15) is 22.1 Å². The first-order chi connectivity index (χ1) is 12.6. The molecule has 0 aromatic heterocycles. The van der Waals surface area contributed by atoms with Crippen LogP contribution >= 0.6 is 23.5 Å². The number of carbonyl (C=O) groups is 1. The molecule has 3 rings (SSSR count). The molecule has 1 aliphatic rings. The number of carbonyl (C=O) groups excluding carboxylic acids is 1. The number of anilines is 1. The maximum atomic E-state index is 12.1. The highest BCUT2D eigenvalue weighted by atomic mass is 32.2. The number of nitrogens with one attached hydrogen (secondary N) is 1. The number of non-ortho nitro benzene ring substituents is 1. The van der Waals surface area contributed by atoms with Crippen molar-refractivity contribution in [3.8, 4) is 0 Å². The third-order valence-corrected chi connectivity index (χ3v) is 6.78. The van der Waals surface area contributed by atoms with E-state index in [-0.39, 0.29) is 11.6 Å². The molecule has 0 unspecified atom stereocenters. The molecule has 0 atom stereocenters. The summed E-state index contributed by atoms with van der Waals surface area (Å²) in [6.45, 7) is 0. The summed E-state index contributed by atoms with van der Waals surface area (Å²) in [6.07, 6.45) is 4.19. The van der Waals surface area contributed by atoms with E-state index in [0.717, 1.165) is 5.69 Å². The Morgan fingerprint density at radius 2 is 1.92 bits per heavy atom. The summed E-state index contributed by atoms with van der Waals surface area (Å²) in [4.78, 5) is 22.5. The Morgan fingerprint density at radius 3 is 2.69 bits per heavy atom. The highest BCUT2D eigenvalue weighted by molar-refractivity contribution is 8.16. The van der Waals surface area contributed by atoms with E-state index in [4.69, 9.17) is 0 Å². The number of thioether (sulfide) groups is 2. The van der Waals surface area contributed by atoms with Crippen molar-refractivity contribution in [1.29, 1.82) is 0 Å². The Hall–Kier alpha value is -2.25. The molecule has 5 nitrogen and oxygen atoms in total. The third kappa shape index (κ3) is 5.12. The lowest BCUT2D eigenvalue weighted by atomic mass is 10.2. The molecule has 1 heterocycles. The average Bonchev–Trinajstić information content (AvgIpc) is 2.67. The summed E-state index contributed by atoms with van der Waals surface area (Å²) in [5.41, 5.74) is 2.57. The van der Waals surface area contributed by atoms with Gasteiger partial charge in [0, 0.05) is 23.9 Å². The Labute approximate surface area is 160 Å². The van der Waals surface area contributed by atoms with Crippen molar-refractivity contribution in [2.75, 3.05) is 16.8 Å². The van der Waals surface area contributed by atoms with E-state index in [1.54, 1.807) is 18.2 Å². The van der Waals surface area contributed by atoms with Crippen LogP contribution in [0.5, 0.6) is 0 Å². The van der Waals surface area contributed by atoms with Crippen LogP contribution in [0.4, 0.5) is 11.4 Å². The monoisotopic (exact) mass is 386 g/mol. The van der Waals surface area contributed by atoms with Crippen LogP contribution in [-0.2, 0) is 4.79 Å². The molecule has 1 N–H and O–H groups in total. The van der Waals surface area contributed by atoms with Gasteiger partial charge in [-0.25, -0.2) is 0 Å². The molecule has 0 saturated carbocycles. The van der Waals surface area contributed by atoms with E-state index in [9.17, 15) is 14.9 Å². The topological polar surface area (TPSA) is 72.2 Å². The molecule has 26 heavy (non-hydrogen) atoms. The minimum absolute atomic E-state index is 0.00254. The van der Waals surface area contributed by atoms with Gasteiger partial charge in [0.05, 0.1) is 9.51 Å².